The minimum Gasteiger partial charge on any atom is -0.288 e. The fraction of sp³-hybridized carbons (Fsp3) is 0.875. The van der Waals surface area contributed by atoms with E-state index in [4.69, 9.17) is 0 Å². The molecule has 0 aliphatic heterocycles. The van der Waals surface area contributed by atoms with Gasteiger partial charge in [-0.3, -0.25) is 4.79 Å². The molecule has 0 amide bonds. The molecule has 0 radical (unpaired) electrons. The standard InChI is InChI=1S/C8H14OS/c1-7(9)10-6-2-3-8-4-5-8/h8H,2-6H2,1H3. The zero-order chi connectivity index (χ0) is 7.40. The molecule has 0 aromatic rings. The third-order valence-corrected chi connectivity index (χ3v) is 2.66. The maximum absolute atomic E-state index is 10.5. The molecule has 58 valence electrons. The summed E-state index contributed by atoms with van der Waals surface area (Å²) in [6.45, 7) is 1.64. The number of thioether (sulfide) groups is 1. The van der Waals surface area contributed by atoms with Crippen LogP contribution in [0, 0.1) is 5.92 Å². The highest BCUT2D eigenvalue weighted by molar-refractivity contribution is 8.13. The van der Waals surface area contributed by atoms with Gasteiger partial charge in [0.05, 0.1) is 0 Å². The Hall–Kier alpha value is 0.0200. The molecule has 0 N–H and O–H groups in total. The second-order valence-corrected chi connectivity index (χ2v) is 4.20. The van der Waals surface area contributed by atoms with Crippen molar-refractivity contribution in [2.75, 3.05) is 5.75 Å². The first-order valence-corrected chi connectivity index (χ1v) is 4.91. The van der Waals surface area contributed by atoms with E-state index in [1.165, 1.54) is 37.4 Å². The van der Waals surface area contributed by atoms with Crippen molar-refractivity contribution in [1.82, 2.24) is 0 Å². The highest BCUT2D eigenvalue weighted by atomic mass is 32.2. The van der Waals surface area contributed by atoms with Crippen molar-refractivity contribution < 1.29 is 4.79 Å². The summed E-state index contributed by atoms with van der Waals surface area (Å²) in [5.41, 5.74) is 0. The molecular formula is C8H14OS. The highest BCUT2D eigenvalue weighted by Crippen LogP contribution is 2.33. The van der Waals surface area contributed by atoms with Gasteiger partial charge in [-0.1, -0.05) is 24.6 Å². The predicted molar refractivity (Wildman–Crippen MR) is 45.1 cm³/mol. The summed E-state index contributed by atoms with van der Waals surface area (Å²) in [7, 11) is 0. The summed E-state index contributed by atoms with van der Waals surface area (Å²) in [6.07, 6.45) is 5.45. The van der Waals surface area contributed by atoms with Gasteiger partial charge in [0, 0.05) is 12.7 Å². The lowest BCUT2D eigenvalue weighted by Gasteiger charge is -1.94. The van der Waals surface area contributed by atoms with Gasteiger partial charge >= 0.3 is 0 Å². The van der Waals surface area contributed by atoms with E-state index < -0.39 is 0 Å². The molecule has 0 unspecified atom stereocenters. The average molecular weight is 158 g/mol. The Kier molecular flexibility index (Phi) is 3.26. The first-order valence-electron chi connectivity index (χ1n) is 3.92. The monoisotopic (exact) mass is 158 g/mol. The molecule has 1 nitrogen and oxygen atoms in total. The lowest BCUT2D eigenvalue weighted by atomic mass is 10.2. The first kappa shape index (κ1) is 8.12. The largest absolute Gasteiger partial charge is 0.288 e. The normalized spacial score (nSPS) is 17.3. The van der Waals surface area contributed by atoms with Crippen LogP contribution in [-0.4, -0.2) is 10.9 Å². The molecule has 1 aliphatic rings. The van der Waals surface area contributed by atoms with Crippen LogP contribution in [0.4, 0.5) is 0 Å². The number of hydrogen-bond acceptors (Lipinski definition) is 2. The summed E-state index contributed by atoms with van der Waals surface area (Å²) >= 11 is 1.46. The summed E-state index contributed by atoms with van der Waals surface area (Å²) < 4.78 is 0. The van der Waals surface area contributed by atoms with E-state index in [1.54, 1.807) is 6.92 Å². The maximum atomic E-state index is 10.5. The van der Waals surface area contributed by atoms with E-state index in [0.717, 1.165) is 11.7 Å². The van der Waals surface area contributed by atoms with Crippen molar-refractivity contribution >= 4 is 16.9 Å². The summed E-state index contributed by atoms with van der Waals surface area (Å²) in [6, 6.07) is 0. The van der Waals surface area contributed by atoms with Crippen LogP contribution in [0.1, 0.15) is 32.6 Å². The smallest absolute Gasteiger partial charge is 0.185 e. The maximum Gasteiger partial charge on any atom is 0.185 e. The van der Waals surface area contributed by atoms with Crippen molar-refractivity contribution in [3.05, 3.63) is 0 Å². The van der Waals surface area contributed by atoms with Crippen LogP contribution in [0.2, 0.25) is 0 Å². The van der Waals surface area contributed by atoms with Gasteiger partial charge in [-0.25, -0.2) is 0 Å². The van der Waals surface area contributed by atoms with E-state index in [1.807, 2.05) is 0 Å². The summed E-state index contributed by atoms with van der Waals surface area (Å²) in [4.78, 5) is 10.5. The lowest BCUT2D eigenvalue weighted by Crippen LogP contribution is -1.86. The van der Waals surface area contributed by atoms with E-state index in [-0.39, 0.29) is 5.12 Å². The summed E-state index contributed by atoms with van der Waals surface area (Å²) in [5, 5.41) is 0.260. The Morgan fingerprint density at radius 2 is 2.30 bits per heavy atom. The first-order chi connectivity index (χ1) is 4.79. The third-order valence-electron chi connectivity index (χ3n) is 1.76. The van der Waals surface area contributed by atoms with Crippen molar-refractivity contribution in [2.45, 2.75) is 32.6 Å². The Balaban J connectivity index is 1.80. The predicted octanol–water partition coefficient (Wildman–Crippen LogP) is 2.46. The molecular weight excluding hydrogens is 144 g/mol. The van der Waals surface area contributed by atoms with Crippen LogP contribution in [0.5, 0.6) is 0 Å². The Morgan fingerprint density at radius 1 is 1.60 bits per heavy atom. The molecule has 0 spiro atoms. The number of carbonyl (C=O) groups is 1. The van der Waals surface area contributed by atoms with Crippen molar-refractivity contribution in [3.8, 4) is 0 Å². The molecule has 0 heterocycles. The van der Waals surface area contributed by atoms with Gasteiger partial charge in [-0.05, 0) is 18.8 Å². The lowest BCUT2D eigenvalue weighted by molar-refractivity contribution is -0.109. The summed E-state index contributed by atoms with van der Waals surface area (Å²) in [5.74, 6) is 2.05. The number of rotatable bonds is 4. The third kappa shape index (κ3) is 3.94. The van der Waals surface area contributed by atoms with Gasteiger partial charge in [0.25, 0.3) is 0 Å². The van der Waals surface area contributed by atoms with E-state index in [0.29, 0.717) is 0 Å². The fourth-order valence-corrected chi connectivity index (χ4v) is 1.59. The Bertz CT molecular complexity index is 118. The Labute approximate surface area is 66.6 Å². The van der Waals surface area contributed by atoms with Gasteiger partial charge in [0.15, 0.2) is 5.12 Å². The zero-order valence-corrected chi connectivity index (χ0v) is 7.25. The zero-order valence-electron chi connectivity index (χ0n) is 6.43. The van der Waals surface area contributed by atoms with Gasteiger partial charge in [-0.15, -0.1) is 0 Å². The van der Waals surface area contributed by atoms with Gasteiger partial charge in [-0.2, -0.15) is 0 Å². The molecule has 1 aliphatic carbocycles. The minimum atomic E-state index is 0.260. The SMILES string of the molecule is CC(=O)SCCCC1CC1. The average Bonchev–Trinajstić information content (AvgIpc) is 2.62. The second kappa shape index (κ2) is 4.02. The van der Waals surface area contributed by atoms with E-state index in [2.05, 4.69) is 0 Å². The number of hydrogen-bond donors (Lipinski definition) is 0. The van der Waals surface area contributed by atoms with Gasteiger partial charge in [0.2, 0.25) is 0 Å². The number of carbonyl (C=O) groups excluding carboxylic acids is 1. The molecule has 1 rings (SSSR count). The molecule has 0 atom stereocenters. The van der Waals surface area contributed by atoms with Crippen LogP contribution in [0.3, 0.4) is 0 Å². The van der Waals surface area contributed by atoms with Crippen molar-refractivity contribution in [2.24, 2.45) is 5.92 Å². The van der Waals surface area contributed by atoms with Crippen molar-refractivity contribution in [3.63, 3.8) is 0 Å². The van der Waals surface area contributed by atoms with Crippen LogP contribution >= 0.6 is 11.8 Å². The molecule has 0 aromatic heterocycles. The van der Waals surface area contributed by atoms with Crippen LogP contribution in [-0.2, 0) is 4.79 Å². The molecule has 10 heavy (non-hydrogen) atoms. The van der Waals surface area contributed by atoms with Gasteiger partial charge < -0.3 is 0 Å². The quantitative estimate of drug-likeness (QED) is 0.585. The van der Waals surface area contributed by atoms with Crippen molar-refractivity contribution in [1.29, 1.82) is 0 Å². The molecule has 1 saturated carbocycles. The van der Waals surface area contributed by atoms with E-state index in [9.17, 15) is 4.79 Å². The Morgan fingerprint density at radius 3 is 2.80 bits per heavy atom. The topological polar surface area (TPSA) is 17.1 Å². The van der Waals surface area contributed by atoms with Crippen LogP contribution < -0.4 is 0 Å². The molecule has 1 fully saturated rings. The fourth-order valence-electron chi connectivity index (χ4n) is 0.994. The highest BCUT2D eigenvalue weighted by Gasteiger charge is 2.19. The van der Waals surface area contributed by atoms with Gasteiger partial charge in [0.1, 0.15) is 0 Å². The second-order valence-electron chi connectivity index (χ2n) is 2.93. The minimum absolute atomic E-state index is 0.260. The molecule has 0 saturated heterocycles. The van der Waals surface area contributed by atoms with E-state index >= 15 is 0 Å². The molecule has 2 heteroatoms. The van der Waals surface area contributed by atoms with Crippen LogP contribution in [0.25, 0.3) is 0 Å². The van der Waals surface area contributed by atoms with Crippen LogP contribution in [0.15, 0.2) is 0 Å². The molecule has 0 bridgehead atoms. The molecule has 0 aromatic carbocycles.